The summed E-state index contributed by atoms with van der Waals surface area (Å²) in [6.45, 7) is 2.18. The third-order valence-electron chi connectivity index (χ3n) is 4.25. The van der Waals surface area contributed by atoms with Crippen LogP contribution in [0, 0.1) is 6.92 Å². The molecule has 0 saturated carbocycles. The van der Waals surface area contributed by atoms with Crippen LogP contribution in [0.25, 0.3) is 0 Å². The van der Waals surface area contributed by atoms with Crippen LogP contribution in [0.4, 0.5) is 5.95 Å². The first kappa shape index (κ1) is 17.4. The highest BCUT2D eigenvalue weighted by Gasteiger charge is 2.26. The summed E-state index contributed by atoms with van der Waals surface area (Å²) in [5.74, 6) is 1.77. The Bertz CT molecular complexity index is 1030. The van der Waals surface area contributed by atoms with Crippen molar-refractivity contribution < 1.29 is 4.42 Å². The van der Waals surface area contributed by atoms with Crippen molar-refractivity contribution in [1.82, 2.24) is 14.9 Å². The molecule has 1 atom stereocenters. The molecule has 0 amide bonds. The quantitative estimate of drug-likeness (QED) is 0.676. The van der Waals surface area contributed by atoms with E-state index in [9.17, 15) is 4.79 Å². The van der Waals surface area contributed by atoms with E-state index in [0.717, 1.165) is 16.2 Å². The number of thioether (sulfide) groups is 1. The molecule has 3 heterocycles. The van der Waals surface area contributed by atoms with Crippen LogP contribution >= 0.6 is 11.8 Å². The highest BCUT2D eigenvalue weighted by molar-refractivity contribution is 7.98. The van der Waals surface area contributed by atoms with Gasteiger partial charge in [0.05, 0.1) is 6.26 Å². The predicted molar refractivity (Wildman–Crippen MR) is 106 cm³/mol. The number of furan rings is 1. The van der Waals surface area contributed by atoms with Crippen molar-refractivity contribution >= 4 is 23.7 Å². The van der Waals surface area contributed by atoms with Crippen molar-refractivity contribution in [1.29, 1.82) is 0 Å². The molecule has 0 aliphatic carbocycles. The molecule has 27 heavy (non-hydrogen) atoms. The molecule has 2 N–H and O–H groups in total. The standard InChI is InChI=1S/C19H19N5O2S/c1-12-10-16(25)24-17(13-5-7-15(27-2)8-6-13)22-18(23-19(24)21-12)20-11-14-4-3-9-26-14/h3-10,17H,11H2,1-2H3,(H2,20,21,22,23)/t17-/m1/s1. The van der Waals surface area contributed by atoms with E-state index >= 15 is 0 Å². The molecule has 0 spiro atoms. The number of nitrogens with one attached hydrogen (secondary N) is 2. The average Bonchev–Trinajstić information content (AvgIpc) is 3.19. The maximum Gasteiger partial charge on any atom is 0.257 e. The lowest BCUT2D eigenvalue weighted by atomic mass is 10.1. The molecule has 138 valence electrons. The molecule has 7 nitrogen and oxygen atoms in total. The summed E-state index contributed by atoms with van der Waals surface area (Å²) in [7, 11) is 0. The first-order valence-corrected chi connectivity index (χ1v) is 9.71. The fourth-order valence-electron chi connectivity index (χ4n) is 2.94. The van der Waals surface area contributed by atoms with Gasteiger partial charge in [0.15, 0.2) is 5.96 Å². The lowest BCUT2D eigenvalue weighted by molar-refractivity contribution is 0.502. The van der Waals surface area contributed by atoms with E-state index < -0.39 is 6.17 Å². The number of rotatable bonds is 4. The maximum atomic E-state index is 12.6. The number of nitrogens with zero attached hydrogens (tertiary/aromatic N) is 3. The molecule has 8 heteroatoms. The molecular formula is C19H19N5O2S. The van der Waals surface area contributed by atoms with Gasteiger partial charge >= 0.3 is 0 Å². The Hall–Kier alpha value is -3.00. The zero-order chi connectivity index (χ0) is 18.8. The monoisotopic (exact) mass is 381 g/mol. The Morgan fingerprint density at radius 3 is 2.81 bits per heavy atom. The minimum atomic E-state index is -0.395. The number of anilines is 1. The van der Waals surface area contributed by atoms with E-state index in [1.807, 2.05) is 42.7 Å². The van der Waals surface area contributed by atoms with E-state index in [4.69, 9.17) is 4.42 Å². The molecule has 0 unspecified atom stereocenters. The molecule has 0 radical (unpaired) electrons. The van der Waals surface area contributed by atoms with Gasteiger partial charge in [-0.25, -0.2) is 9.98 Å². The molecule has 0 saturated heterocycles. The lowest BCUT2D eigenvalue weighted by Crippen LogP contribution is -2.48. The van der Waals surface area contributed by atoms with E-state index in [1.165, 1.54) is 6.07 Å². The topological polar surface area (TPSA) is 84.5 Å². The second kappa shape index (κ2) is 7.32. The smallest absolute Gasteiger partial charge is 0.257 e. The molecule has 1 aliphatic rings. The Labute approximate surface area is 160 Å². The van der Waals surface area contributed by atoms with Crippen LogP contribution in [0.5, 0.6) is 0 Å². The van der Waals surface area contributed by atoms with Crippen molar-refractivity contribution in [3.63, 3.8) is 0 Å². The number of fused-ring (bicyclic) bond motifs is 1. The number of hydrogen-bond acceptors (Lipinski definition) is 5. The van der Waals surface area contributed by atoms with Crippen LogP contribution in [0.2, 0.25) is 0 Å². The second-order valence-electron chi connectivity index (χ2n) is 6.12. The molecule has 1 aromatic carbocycles. The highest BCUT2D eigenvalue weighted by Crippen LogP contribution is 2.24. The van der Waals surface area contributed by atoms with Crippen molar-refractivity contribution in [2.45, 2.75) is 24.5 Å². The molecule has 4 rings (SSSR count). The third kappa shape index (κ3) is 3.61. The first-order chi connectivity index (χ1) is 13.1. The number of guanidine groups is 1. The number of aromatic nitrogens is 2. The summed E-state index contributed by atoms with van der Waals surface area (Å²) in [6, 6.07) is 13.3. The summed E-state index contributed by atoms with van der Waals surface area (Å²) in [6.07, 6.45) is 3.25. The summed E-state index contributed by atoms with van der Waals surface area (Å²) in [4.78, 5) is 22.8. The van der Waals surface area contributed by atoms with Gasteiger partial charge < -0.3 is 9.73 Å². The number of benzene rings is 1. The van der Waals surface area contributed by atoms with Gasteiger partial charge in [-0.1, -0.05) is 12.1 Å². The third-order valence-corrected chi connectivity index (χ3v) is 4.99. The predicted octanol–water partition coefficient (Wildman–Crippen LogP) is 2.98. The van der Waals surface area contributed by atoms with Crippen molar-refractivity contribution in [2.24, 2.45) is 4.99 Å². The van der Waals surface area contributed by atoms with Crippen LogP contribution in [0.15, 0.2) is 67.8 Å². The van der Waals surface area contributed by atoms with Crippen LogP contribution < -0.4 is 16.2 Å². The molecule has 1 aliphatic heterocycles. The van der Waals surface area contributed by atoms with E-state index in [0.29, 0.717) is 24.1 Å². The van der Waals surface area contributed by atoms with Gasteiger partial charge in [-0.15, -0.1) is 11.8 Å². The second-order valence-corrected chi connectivity index (χ2v) is 7.00. The zero-order valence-electron chi connectivity index (χ0n) is 15.0. The fourth-order valence-corrected chi connectivity index (χ4v) is 3.35. The fraction of sp³-hybridized carbons (Fsp3) is 0.211. The highest BCUT2D eigenvalue weighted by atomic mass is 32.2. The van der Waals surface area contributed by atoms with Gasteiger partial charge in [0.2, 0.25) is 5.95 Å². The largest absolute Gasteiger partial charge is 0.467 e. The van der Waals surface area contributed by atoms with Gasteiger partial charge in [0.1, 0.15) is 18.5 Å². The van der Waals surface area contributed by atoms with Crippen LogP contribution in [-0.2, 0) is 6.54 Å². The van der Waals surface area contributed by atoms with Crippen LogP contribution in [0.3, 0.4) is 0 Å². The Balaban J connectivity index is 1.74. The molecule has 0 fully saturated rings. The van der Waals surface area contributed by atoms with Gasteiger partial charge in [-0.05, 0) is 43.0 Å². The van der Waals surface area contributed by atoms with Crippen molar-refractivity contribution in [3.8, 4) is 0 Å². The van der Waals surface area contributed by atoms with Crippen molar-refractivity contribution in [3.05, 3.63) is 76.1 Å². The summed E-state index contributed by atoms with van der Waals surface area (Å²) in [5.41, 5.74) is 1.48. The Morgan fingerprint density at radius 2 is 2.11 bits per heavy atom. The summed E-state index contributed by atoms with van der Waals surface area (Å²) >= 11 is 1.67. The maximum absolute atomic E-state index is 12.6. The Morgan fingerprint density at radius 1 is 1.30 bits per heavy atom. The van der Waals surface area contributed by atoms with E-state index in [1.54, 1.807) is 29.5 Å². The molecule has 0 bridgehead atoms. The lowest BCUT2D eigenvalue weighted by Gasteiger charge is -2.31. The van der Waals surface area contributed by atoms with Gasteiger partial charge in [-0.3, -0.25) is 14.7 Å². The zero-order valence-corrected chi connectivity index (χ0v) is 15.8. The van der Waals surface area contributed by atoms with Crippen LogP contribution in [0.1, 0.15) is 23.2 Å². The number of aliphatic imine (C=N–C) groups is 1. The molecule has 3 aromatic rings. The first-order valence-electron chi connectivity index (χ1n) is 8.48. The normalized spacial score (nSPS) is 17.3. The van der Waals surface area contributed by atoms with E-state index in [-0.39, 0.29) is 5.56 Å². The molecular weight excluding hydrogens is 362 g/mol. The number of hydrogen-bond donors (Lipinski definition) is 2. The summed E-state index contributed by atoms with van der Waals surface area (Å²) < 4.78 is 6.94. The van der Waals surface area contributed by atoms with Crippen molar-refractivity contribution in [2.75, 3.05) is 11.6 Å². The van der Waals surface area contributed by atoms with E-state index in [2.05, 4.69) is 20.6 Å². The van der Waals surface area contributed by atoms with Gasteiger partial charge in [0, 0.05) is 16.7 Å². The van der Waals surface area contributed by atoms with Crippen LogP contribution in [-0.4, -0.2) is 21.8 Å². The van der Waals surface area contributed by atoms with Gasteiger partial charge in [0.25, 0.3) is 5.56 Å². The molecule has 2 aromatic heterocycles. The van der Waals surface area contributed by atoms with Gasteiger partial charge in [-0.2, -0.15) is 0 Å². The minimum Gasteiger partial charge on any atom is -0.467 e. The minimum absolute atomic E-state index is 0.124. The average molecular weight is 381 g/mol. The Kier molecular flexibility index (Phi) is 4.72. The summed E-state index contributed by atoms with van der Waals surface area (Å²) in [5, 5.41) is 6.41. The SMILES string of the molecule is CSc1ccc([C@@H]2NC(=NCc3ccco3)Nc3nc(C)cc(=O)n32)cc1. The number of aryl methyl sites for hydroxylation is 1.